The van der Waals surface area contributed by atoms with Crippen molar-refractivity contribution in [3.63, 3.8) is 0 Å². The molecule has 0 saturated carbocycles. The zero-order valence-electron chi connectivity index (χ0n) is 12.2. The topological polar surface area (TPSA) is 47.3 Å². The molecule has 21 heavy (non-hydrogen) atoms. The van der Waals surface area contributed by atoms with Crippen LogP contribution in [0.1, 0.15) is 17.1 Å². The van der Waals surface area contributed by atoms with Crippen LogP contribution in [0.25, 0.3) is 10.9 Å². The number of nitrogens with one attached hydrogen (secondary N) is 1. The van der Waals surface area contributed by atoms with Crippen molar-refractivity contribution in [3.8, 4) is 5.75 Å². The highest BCUT2D eigenvalue weighted by Gasteiger charge is 2.07. The molecule has 0 atom stereocenters. The van der Waals surface area contributed by atoms with Crippen LogP contribution in [-0.4, -0.2) is 12.0 Å². The van der Waals surface area contributed by atoms with Gasteiger partial charge in [0.2, 0.25) is 0 Å². The Labute approximate surface area is 123 Å². The van der Waals surface area contributed by atoms with Gasteiger partial charge < -0.3 is 14.5 Å². The summed E-state index contributed by atoms with van der Waals surface area (Å²) in [5.41, 5.74) is 2.10. The largest absolute Gasteiger partial charge is 0.486 e. The Morgan fingerprint density at radius 3 is 3.00 bits per heavy atom. The summed E-state index contributed by atoms with van der Waals surface area (Å²) in [5, 5.41) is 4.23. The maximum Gasteiger partial charge on any atom is 0.146 e. The molecule has 0 aliphatic heterocycles. The fourth-order valence-electron chi connectivity index (χ4n) is 2.32. The predicted molar refractivity (Wildman–Crippen MR) is 82.3 cm³/mol. The number of benzene rings is 1. The molecule has 3 rings (SSSR count). The number of ether oxygens (including phenoxy) is 1. The second-order valence-corrected chi connectivity index (χ2v) is 4.97. The second kappa shape index (κ2) is 5.97. The second-order valence-electron chi connectivity index (χ2n) is 4.97. The average molecular weight is 282 g/mol. The van der Waals surface area contributed by atoms with E-state index < -0.39 is 0 Å². The molecule has 0 aliphatic rings. The molecule has 4 nitrogen and oxygen atoms in total. The number of furan rings is 1. The maximum atomic E-state index is 5.79. The Bertz CT molecular complexity index is 749. The van der Waals surface area contributed by atoms with Gasteiger partial charge in [-0.25, -0.2) is 0 Å². The average Bonchev–Trinajstić information content (AvgIpc) is 2.86. The maximum absolute atomic E-state index is 5.79. The highest BCUT2D eigenvalue weighted by Crippen LogP contribution is 2.21. The number of aryl methyl sites for hydroxylation is 1. The molecule has 3 aromatic rings. The number of aromatic nitrogens is 1. The lowest BCUT2D eigenvalue weighted by atomic mass is 10.2. The fourth-order valence-corrected chi connectivity index (χ4v) is 2.32. The molecule has 108 valence electrons. The minimum absolute atomic E-state index is 0.420. The predicted octanol–water partition coefficient (Wildman–Crippen LogP) is 3.43. The van der Waals surface area contributed by atoms with E-state index in [4.69, 9.17) is 9.15 Å². The van der Waals surface area contributed by atoms with Gasteiger partial charge in [-0.3, -0.25) is 4.98 Å². The van der Waals surface area contributed by atoms with Crippen LogP contribution >= 0.6 is 0 Å². The normalized spacial score (nSPS) is 11.0. The third-order valence-electron chi connectivity index (χ3n) is 3.40. The third kappa shape index (κ3) is 3.06. The third-order valence-corrected chi connectivity index (χ3v) is 3.40. The first kappa shape index (κ1) is 13.6. The van der Waals surface area contributed by atoms with Crippen LogP contribution in [0.4, 0.5) is 0 Å². The molecule has 0 spiro atoms. The van der Waals surface area contributed by atoms with Gasteiger partial charge >= 0.3 is 0 Å². The molecule has 0 saturated heterocycles. The van der Waals surface area contributed by atoms with Gasteiger partial charge in [-0.1, -0.05) is 6.07 Å². The van der Waals surface area contributed by atoms with E-state index in [1.54, 1.807) is 6.20 Å². The van der Waals surface area contributed by atoms with Gasteiger partial charge in [-0.15, -0.1) is 0 Å². The molecule has 0 radical (unpaired) electrons. The minimum Gasteiger partial charge on any atom is -0.486 e. The lowest BCUT2D eigenvalue weighted by Crippen LogP contribution is -2.04. The standard InChI is InChI=1S/C17H18N2O2/c1-12-14(10-18-2)8-16(21-12)11-20-15-6-5-13-4-3-7-19-17(13)9-15/h3-9,18H,10-11H2,1-2H3. The summed E-state index contributed by atoms with van der Waals surface area (Å²) in [6.45, 7) is 3.19. The van der Waals surface area contributed by atoms with Gasteiger partial charge in [0.1, 0.15) is 23.9 Å². The zero-order valence-corrected chi connectivity index (χ0v) is 12.2. The summed E-state index contributed by atoms with van der Waals surface area (Å²) in [6, 6.07) is 11.9. The van der Waals surface area contributed by atoms with Gasteiger partial charge in [0, 0.05) is 29.8 Å². The Hall–Kier alpha value is -2.33. The molecule has 0 bridgehead atoms. The van der Waals surface area contributed by atoms with Crippen molar-refractivity contribution in [3.05, 3.63) is 59.7 Å². The van der Waals surface area contributed by atoms with E-state index in [2.05, 4.69) is 10.3 Å². The number of hydrogen-bond acceptors (Lipinski definition) is 4. The number of rotatable bonds is 5. The number of fused-ring (bicyclic) bond motifs is 1. The molecule has 0 amide bonds. The minimum atomic E-state index is 0.420. The van der Waals surface area contributed by atoms with Crippen LogP contribution < -0.4 is 10.1 Å². The Morgan fingerprint density at radius 1 is 1.24 bits per heavy atom. The van der Waals surface area contributed by atoms with Gasteiger partial charge in [0.15, 0.2) is 0 Å². The zero-order chi connectivity index (χ0) is 14.7. The smallest absolute Gasteiger partial charge is 0.146 e. The van der Waals surface area contributed by atoms with Crippen molar-refractivity contribution in [2.75, 3.05) is 7.05 Å². The van der Waals surface area contributed by atoms with E-state index in [0.717, 1.165) is 40.3 Å². The molecule has 2 aromatic heterocycles. The van der Waals surface area contributed by atoms with Crippen molar-refractivity contribution in [2.24, 2.45) is 0 Å². The monoisotopic (exact) mass is 282 g/mol. The van der Waals surface area contributed by atoms with E-state index in [-0.39, 0.29) is 0 Å². The van der Waals surface area contributed by atoms with Crippen LogP contribution in [0.2, 0.25) is 0 Å². The first-order valence-corrected chi connectivity index (χ1v) is 6.96. The quantitative estimate of drug-likeness (QED) is 0.778. The Kier molecular flexibility index (Phi) is 3.88. The van der Waals surface area contributed by atoms with Crippen LogP contribution in [0.15, 0.2) is 47.0 Å². The molecular formula is C17H18N2O2. The first-order valence-electron chi connectivity index (χ1n) is 6.96. The van der Waals surface area contributed by atoms with Crippen molar-refractivity contribution in [2.45, 2.75) is 20.1 Å². The van der Waals surface area contributed by atoms with Crippen LogP contribution in [0.5, 0.6) is 5.75 Å². The summed E-state index contributed by atoms with van der Waals surface area (Å²) >= 11 is 0. The molecular weight excluding hydrogens is 264 g/mol. The molecule has 0 aliphatic carbocycles. The van der Waals surface area contributed by atoms with Gasteiger partial charge in [-0.05, 0) is 38.2 Å². The summed E-state index contributed by atoms with van der Waals surface area (Å²) in [6.07, 6.45) is 1.78. The summed E-state index contributed by atoms with van der Waals surface area (Å²) in [5.74, 6) is 2.56. The van der Waals surface area contributed by atoms with Crippen molar-refractivity contribution in [1.82, 2.24) is 10.3 Å². The van der Waals surface area contributed by atoms with Crippen molar-refractivity contribution < 1.29 is 9.15 Å². The van der Waals surface area contributed by atoms with Crippen molar-refractivity contribution in [1.29, 1.82) is 0 Å². The van der Waals surface area contributed by atoms with Gasteiger partial charge in [0.05, 0.1) is 5.52 Å². The number of hydrogen-bond donors (Lipinski definition) is 1. The molecule has 0 unspecified atom stereocenters. The highest BCUT2D eigenvalue weighted by atomic mass is 16.5. The van der Waals surface area contributed by atoms with Crippen LogP contribution in [0, 0.1) is 6.92 Å². The van der Waals surface area contributed by atoms with Gasteiger partial charge in [0.25, 0.3) is 0 Å². The molecule has 1 aromatic carbocycles. The van der Waals surface area contributed by atoms with Gasteiger partial charge in [-0.2, -0.15) is 0 Å². The summed E-state index contributed by atoms with van der Waals surface area (Å²) < 4.78 is 11.5. The van der Waals surface area contributed by atoms with E-state index in [1.807, 2.05) is 50.4 Å². The van der Waals surface area contributed by atoms with E-state index in [0.29, 0.717) is 6.61 Å². The van der Waals surface area contributed by atoms with E-state index >= 15 is 0 Å². The fraction of sp³-hybridized carbons (Fsp3) is 0.235. The summed E-state index contributed by atoms with van der Waals surface area (Å²) in [7, 11) is 1.92. The van der Waals surface area contributed by atoms with E-state index in [1.165, 1.54) is 0 Å². The molecule has 1 N–H and O–H groups in total. The lowest BCUT2D eigenvalue weighted by molar-refractivity contribution is 0.268. The highest BCUT2D eigenvalue weighted by molar-refractivity contribution is 5.79. The van der Waals surface area contributed by atoms with Crippen molar-refractivity contribution >= 4 is 10.9 Å². The van der Waals surface area contributed by atoms with Crippen LogP contribution in [-0.2, 0) is 13.2 Å². The molecule has 0 fully saturated rings. The summed E-state index contributed by atoms with van der Waals surface area (Å²) in [4.78, 5) is 4.33. The number of pyridine rings is 1. The Balaban J connectivity index is 1.72. The Morgan fingerprint density at radius 2 is 2.14 bits per heavy atom. The number of nitrogens with zero attached hydrogens (tertiary/aromatic N) is 1. The lowest BCUT2D eigenvalue weighted by Gasteiger charge is -2.05. The van der Waals surface area contributed by atoms with Crippen LogP contribution in [0.3, 0.4) is 0 Å². The molecule has 2 heterocycles. The van der Waals surface area contributed by atoms with E-state index in [9.17, 15) is 0 Å². The molecule has 4 heteroatoms. The SMILES string of the molecule is CNCc1cc(COc2ccc3cccnc3c2)oc1C. The first-order chi connectivity index (χ1) is 10.3.